The molecule has 1 fully saturated rings. The molecule has 0 unspecified atom stereocenters. The van der Waals surface area contributed by atoms with Crippen molar-refractivity contribution in [3.05, 3.63) is 0 Å². The summed E-state index contributed by atoms with van der Waals surface area (Å²) in [6, 6.07) is 0. The molecule has 2 heterocycles. The maximum absolute atomic E-state index is 3.85. The van der Waals surface area contributed by atoms with Crippen LogP contribution in [0, 0.1) is 0 Å². The molecule has 0 aromatic heterocycles. The standard InChI is InChI=1S/C3H6N2.C3H7NS/c2*1-2-5-3-4-1/h3H,1-2H2,(H,4,5);4H,1-3H2. The molecule has 4 heteroatoms. The third-order valence-corrected chi connectivity index (χ3v) is 2.10. The topological polar surface area (TPSA) is 36.4 Å². The summed E-state index contributed by atoms with van der Waals surface area (Å²) in [5.74, 6) is 2.47. The third kappa shape index (κ3) is 3.74. The average molecular weight is 159 g/mol. The predicted octanol–water partition coefficient (Wildman–Crippen LogP) is -0.102. The van der Waals surface area contributed by atoms with Crippen LogP contribution < -0.4 is 10.6 Å². The van der Waals surface area contributed by atoms with E-state index in [2.05, 4.69) is 15.6 Å². The maximum atomic E-state index is 3.85. The van der Waals surface area contributed by atoms with Gasteiger partial charge in [-0.2, -0.15) is 0 Å². The quantitative estimate of drug-likeness (QED) is 0.518. The highest BCUT2D eigenvalue weighted by molar-refractivity contribution is 7.99. The van der Waals surface area contributed by atoms with Crippen LogP contribution in [0.3, 0.4) is 0 Å². The van der Waals surface area contributed by atoms with Crippen molar-refractivity contribution in [3.8, 4) is 0 Å². The number of nitrogens with one attached hydrogen (secondary N) is 2. The van der Waals surface area contributed by atoms with Gasteiger partial charge in [-0.3, -0.25) is 4.99 Å². The molecule has 10 heavy (non-hydrogen) atoms. The summed E-state index contributed by atoms with van der Waals surface area (Å²) in [5, 5.41) is 6.12. The lowest BCUT2D eigenvalue weighted by Gasteiger charge is -1.75. The number of hydrogen-bond acceptors (Lipinski definition) is 4. The van der Waals surface area contributed by atoms with Crippen molar-refractivity contribution < 1.29 is 0 Å². The lowest BCUT2D eigenvalue weighted by atomic mass is 10.7. The molecule has 0 spiro atoms. The number of nitrogens with zero attached hydrogens (tertiary/aromatic N) is 1. The van der Waals surface area contributed by atoms with E-state index >= 15 is 0 Å². The molecule has 0 aromatic rings. The summed E-state index contributed by atoms with van der Waals surface area (Å²) in [7, 11) is 0. The molecule has 3 nitrogen and oxygen atoms in total. The zero-order chi connectivity index (χ0) is 7.07. The first-order valence-corrected chi connectivity index (χ1v) is 4.66. The Balaban J connectivity index is 0.0000001000. The summed E-state index contributed by atoms with van der Waals surface area (Å²) in [4.78, 5) is 3.85. The Morgan fingerprint density at radius 1 is 1.40 bits per heavy atom. The fourth-order valence-electron chi connectivity index (χ4n) is 0.684. The van der Waals surface area contributed by atoms with E-state index in [1.54, 1.807) is 6.34 Å². The monoisotopic (exact) mass is 159 g/mol. The molecule has 0 bridgehead atoms. The summed E-state index contributed by atoms with van der Waals surface area (Å²) in [5.41, 5.74) is 0. The van der Waals surface area contributed by atoms with Gasteiger partial charge in [-0.25, -0.2) is 0 Å². The summed E-state index contributed by atoms with van der Waals surface area (Å²) in [6.07, 6.45) is 1.74. The largest absolute Gasteiger partial charge is 0.375 e. The van der Waals surface area contributed by atoms with Gasteiger partial charge in [0.05, 0.1) is 12.9 Å². The van der Waals surface area contributed by atoms with Crippen LogP contribution in [0.5, 0.6) is 0 Å². The first kappa shape index (κ1) is 7.88. The van der Waals surface area contributed by atoms with E-state index in [-0.39, 0.29) is 0 Å². The molecule has 2 aliphatic heterocycles. The molecule has 58 valence electrons. The zero-order valence-corrected chi connectivity index (χ0v) is 6.78. The molecule has 2 aliphatic rings. The fourth-order valence-corrected chi connectivity index (χ4v) is 1.41. The van der Waals surface area contributed by atoms with Gasteiger partial charge in [-0.15, -0.1) is 11.8 Å². The van der Waals surface area contributed by atoms with Gasteiger partial charge in [-0.05, 0) is 0 Å². The van der Waals surface area contributed by atoms with Crippen molar-refractivity contribution in [1.82, 2.24) is 10.6 Å². The van der Waals surface area contributed by atoms with Gasteiger partial charge in [0.2, 0.25) is 0 Å². The molecule has 0 aromatic carbocycles. The highest BCUT2D eigenvalue weighted by atomic mass is 32.2. The average Bonchev–Trinajstić information content (AvgIpc) is 2.67. The minimum atomic E-state index is 0.958. The van der Waals surface area contributed by atoms with Gasteiger partial charge in [0.15, 0.2) is 0 Å². The van der Waals surface area contributed by atoms with Crippen LogP contribution in [-0.2, 0) is 0 Å². The Labute approximate surface area is 65.7 Å². The van der Waals surface area contributed by atoms with Gasteiger partial charge in [0, 0.05) is 24.7 Å². The van der Waals surface area contributed by atoms with Crippen molar-refractivity contribution in [2.45, 2.75) is 0 Å². The highest BCUT2D eigenvalue weighted by Crippen LogP contribution is 1.99. The molecule has 0 aliphatic carbocycles. The van der Waals surface area contributed by atoms with Crippen molar-refractivity contribution in [1.29, 1.82) is 0 Å². The predicted molar refractivity (Wildman–Crippen MR) is 46.7 cm³/mol. The number of thioether (sulfide) groups is 1. The third-order valence-electron chi connectivity index (χ3n) is 1.20. The van der Waals surface area contributed by atoms with E-state index in [4.69, 9.17) is 0 Å². The minimum absolute atomic E-state index is 0.958. The molecule has 2 rings (SSSR count). The van der Waals surface area contributed by atoms with Crippen molar-refractivity contribution in [3.63, 3.8) is 0 Å². The minimum Gasteiger partial charge on any atom is -0.375 e. The van der Waals surface area contributed by atoms with E-state index < -0.39 is 0 Å². The summed E-state index contributed by atoms with van der Waals surface area (Å²) in [6.45, 7) is 3.20. The Hall–Kier alpha value is -0.220. The smallest absolute Gasteiger partial charge is 0.0825 e. The van der Waals surface area contributed by atoms with Crippen LogP contribution in [-0.4, -0.2) is 37.6 Å². The molecule has 0 amide bonds. The van der Waals surface area contributed by atoms with Gasteiger partial charge >= 0.3 is 0 Å². The van der Waals surface area contributed by atoms with Crippen LogP contribution in [0.2, 0.25) is 0 Å². The Kier molecular flexibility index (Phi) is 4.38. The number of aliphatic imine (C=N–C) groups is 1. The van der Waals surface area contributed by atoms with Crippen molar-refractivity contribution >= 4 is 18.1 Å². The molecular formula is C6H13N3S. The zero-order valence-electron chi connectivity index (χ0n) is 5.97. The van der Waals surface area contributed by atoms with Crippen molar-refractivity contribution in [2.75, 3.05) is 31.3 Å². The Morgan fingerprint density at radius 3 is 2.60 bits per heavy atom. The van der Waals surface area contributed by atoms with E-state index in [9.17, 15) is 0 Å². The van der Waals surface area contributed by atoms with Crippen LogP contribution in [0.25, 0.3) is 0 Å². The molecular weight excluding hydrogens is 146 g/mol. The van der Waals surface area contributed by atoms with Gasteiger partial charge in [0.25, 0.3) is 0 Å². The second kappa shape index (κ2) is 5.56. The van der Waals surface area contributed by atoms with Crippen molar-refractivity contribution in [2.24, 2.45) is 4.99 Å². The SMILES string of the molecule is C1=NCCN1.C1CSCN1. The van der Waals surface area contributed by atoms with Crippen LogP contribution in [0.1, 0.15) is 0 Å². The van der Waals surface area contributed by atoms with Crippen LogP contribution in [0.15, 0.2) is 4.99 Å². The van der Waals surface area contributed by atoms with Gasteiger partial charge in [0.1, 0.15) is 0 Å². The van der Waals surface area contributed by atoms with E-state index in [0.717, 1.165) is 13.1 Å². The molecule has 1 saturated heterocycles. The van der Waals surface area contributed by atoms with Gasteiger partial charge < -0.3 is 10.6 Å². The van der Waals surface area contributed by atoms with E-state index in [1.807, 2.05) is 11.8 Å². The second-order valence-electron chi connectivity index (χ2n) is 2.04. The second-order valence-corrected chi connectivity index (χ2v) is 3.15. The molecule has 2 N–H and O–H groups in total. The molecule has 0 atom stereocenters. The first-order valence-electron chi connectivity index (χ1n) is 3.50. The number of hydrogen-bond donors (Lipinski definition) is 2. The van der Waals surface area contributed by atoms with Crippen LogP contribution >= 0.6 is 11.8 Å². The summed E-state index contributed by atoms with van der Waals surface area (Å²) >= 11 is 1.96. The Bertz CT molecular complexity index is 87.6. The van der Waals surface area contributed by atoms with Crippen LogP contribution in [0.4, 0.5) is 0 Å². The van der Waals surface area contributed by atoms with Gasteiger partial charge in [-0.1, -0.05) is 0 Å². The maximum Gasteiger partial charge on any atom is 0.0825 e. The Morgan fingerprint density at radius 2 is 2.40 bits per heavy atom. The highest BCUT2D eigenvalue weighted by Gasteiger charge is 1.93. The lowest BCUT2D eigenvalue weighted by molar-refractivity contribution is 0.885. The number of rotatable bonds is 0. The summed E-state index contributed by atoms with van der Waals surface area (Å²) < 4.78 is 0. The lowest BCUT2D eigenvalue weighted by Crippen LogP contribution is -2.04. The fraction of sp³-hybridized carbons (Fsp3) is 0.833. The van der Waals surface area contributed by atoms with E-state index in [0.29, 0.717) is 0 Å². The molecule has 0 radical (unpaired) electrons. The molecule has 0 saturated carbocycles. The normalized spacial score (nSPS) is 21.6. The van der Waals surface area contributed by atoms with E-state index in [1.165, 1.54) is 18.2 Å². The first-order chi connectivity index (χ1) is 5.00.